The van der Waals surface area contributed by atoms with E-state index < -0.39 is 90.8 Å². The number of phenolic OH excluding ortho intramolecular Hbond substituents is 2. The topological polar surface area (TPSA) is 296 Å². The highest BCUT2D eigenvalue weighted by Gasteiger charge is 2.39. The van der Waals surface area contributed by atoms with Gasteiger partial charge in [-0.05, 0) is 67.1 Å². The van der Waals surface area contributed by atoms with Gasteiger partial charge in [-0.25, -0.2) is 0 Å². The fourth-order valence-electron chi connectivity index (χ4n) is 6.30. The number of primary amides is 1. The van der Waals surface area contributed by atoms with E-state index in [-0.39, 0.29) is 43.7 Å². The van der Waals surface area contributed by atoms with Crippen molar-refractivity contribution in [1.29, 1.82) is 0 Å². The van der Waals surface area contributed by atoms with Crippen LogP contribution in [0.2, 0.25) is 0 Å². The smallest absolute Gasteiger partial charge is 0.246 e. The van der Waals surface area contributed by atoms with Gasteiger partial charge in [-0.3, -0.25) is 33.6 Å². The van der Waals surface area contributed by atoms with Gasteiger partial charge in [0.2, 0.25) is 41.4 Å². The molecule has 18 heteroatoms. The van der Waals surface area contributed by atoms with Crippen LogP contribution in [0, 0.1) is 0 Å². The Balaban J connectivity index is 1.42. The molecule has 0 spiro atoms. The molecule has 58 heavy (non-hydrogen) atoms. The van der Waals surface area contributed by atoms with E-state index >= 15 is 0 Å². The van der Waals surface area contributed by atoms with E-state index in [1.54, 1.807) is 54.6 Å². The summed E-state index contributed by atoms with van der Waals surface area (Å²) < 4.78 is 0. The van der Waals surface area contributed by atoms with E-state index in [1.165, 1.54) is 36.1 Å². The number of likely N-dealkylation sites (tertiary alicyclic amines) is 1. The lowest BCUT2D eigenvalue weighted by molar-refractivity contribution is -0.142. The second-order valence-corrected chi connectivity index (χ2v) is 14.0. The molecule has 3 aromatic rings. The van der Waals surface area contributed by atoms with Crippen LogP contribution in [-0.2, 0) is 52.8 Å². The highest BCUT2D eigenvalue weighted by Crippen LogP contribution is 2.21. The van der Waals surface area contributed by atoms with Crippen LogP contribution in [0.5, 0.6) is 11.5 Å². The highest BCUT2D eigenvalue weighted by atomic mass is 16.3. The number of nitrogens with two attached hydrogens (primary N) is 2. The summed E-state index contributed by atoms with van der Waals surface area (Å²) in [7, 11) is 0. The Morgan fingerprint density at radius 3 is 1.86 bits per heavy atom. The third-order valence-electron chi connectivity index (χ3n) is 9.51. The van der Waals surface area contributed by atoms with Gasteiger partial charge < -0.3 is 58.3 Å². The predicted molar refractivity (Wildman–Crippen MR) is 209 cm³/mol. The SMILES string of the molecule is C[C@@H](NC(=O)C(N)Cc1ccc(O)cc1)C(=O)NC(Cc1ccccc1)C(=O)NCC(=O)NC(Cc1ccc(O)cc1)C(=O)N1CCCC1C(=O)NC(CO)C(N)=O. The molecule has 1 saturated heterocycles. The van der Waals surface area contributed by atoms with Crippen LogP contribution < -0.4 is 38.1 Å². The first-order valence-corrected chi connectivity index (χ1v) is 18.7. The van der Waals surface area contributed by atoms with Crippen molar-refractivity contribution in [3.63, 3.8) is 0 Å². The Kier molecular flexibility index (Phi) is 16.1. The van der Waals surface area contributed by atoms with E-state index in [1.807, 2.05) is 0 Å². The minimum atomic E-state index is -1.36. The van der Waals surface area contributed by atoms with Crippen LogP contribution in [0.3, 0.4) is 0 Å². The van der Waals surface area contributed by atoms with Gasteiger partial charge >= 0.3 is 0 Å². The maximum Gasteiger partial charge on any atom is 0.246 e. The first kappa shape index (κ1) is 44.2. The molecule has 6 atom stereocenters. The van der Waals surface area contributed by atoms with Gasteiger partial charge in [-0.15, -0.1) is 0 Å². The number of aliphatic hydroxyl groups excluding tert-OH is 1. The zero-order chi connectivity index (χ0) is 42.4. The van der Waals surface area contributed by atoms with Crippen molar-refractivity contribution in [3.8, 4) is 11.5 Å². The zero-order valence-electron chi connectivity index (χ0n) is 31.9. The lowest BCUT2D eigenvalue weighted by atomic mass is 10.0. The summed E-state index contributed by atoms with van der Waals surface area (Å²) in [5, 5.41) is 41.4. The molecule has 3 aromatic carbocycles. The van der Waals surface area contributed by atoms with Crippen molar-refractivity contribution in [2.24, 2.45) is 11.5 Å². The molecule has 12 N–H and O–H groups in total. The Morgan fingerprint density at radius 1 is 0.707 bits per heavy atom. The van der Waals surface area contributed by atoms with E-state index in [0.29, 0.717) is 23.1 Å². The van der Waals surface area contributed by atoms with Gasteiger partial charge in [0, 0.05) is 19.4 Å². The molecule has 0 bridgehead atoms. The molecule has 4 rings (SSSR count). The summed E-state index contributed by atoms with van der Waals surface area (Å²) in [5.74, 6) is -5.07. The van der Waals surface area contributed by atoms with Crippen LogP contribution in [0.15, 0.2) is 78.9 Å². The minimum absolute atomic E-state index is 0.0222. The summed E-state index contributed by atoms with van der Waals surface area (Å²) in [5.41, 5.74) is 13.2. The van der Waals surface area contributed by atoms with Crippen LogP contribution in [0.1, 0.15) is 36.5 Å². The summed E-state index contributed by atoms with van der Waals surface area (Å²) >= 11 is 0. The van der Waals surface area contributed by atoms with Crippen LogP contribution in [0.25, 0.3) is 0 Å². The van der Waals surface area contributed by atoms with E-state index in [2.05, 4.69) is 26.6 Å². The quantitative estimate of drug-likeness (QED) is 0.0632. The Hall–Kier alpha value is -6.53. The third kappa shape index (κ3) is 13.0. The molecular weight excluding hydrogens is 752 g/mol. The maximum absolute atomic E-state index is 14.0. The number of carbonyl (C=O) groups excluding carboxylic acids is 7. The second-order valence-electron chi connectivity index (χ2n) is 14.0. The zero-order valence-corrected chi connectivity index (χ0v) is 31.9. The molecule has 0 radical (unpaired) electrons. The largest absolute Gasteiger partial charge is 0.508 e. The number of rotatable bonds is 19. The fourth-order valence-corrected chi connectivity index (χ4v) is 6.30. The number of hydrogen-bond donors (Lipinski definition) is 10. The molecule has 0 saturated carbocycles. The number of amides is 7. The van der Waals surface area contributed by atoms with Crippen molar-refractivity contribution in [3.05, 3.63) is 95.6 Å². The molecular formula is C40H50N8O10. The molecule has 7 amide bonds. The first-order chi connectivity index (χ1) is 27.6. The van der Waals surface area contributed by atoms with Crippen molar-refractivity contribution in [2.75, 3.05) is 19.7 Å². The van der Waals surface area contributed by atoms with Gasteiger partial charge in [-0.1, -0.05) is 54.6 Å². The van der Waals surface area contributed by atoms with Crippen LogP contribution in [0.4, 0.5) is 0 Å². The lowest BCUT2D eigenvalue weighted by Crippen LogP contribution is -2.58. The lowest BCUT2D eigenvalue weighted by Gasteiger charge is -2.29. The molecule has 310 valence electrons. The molecule has 1 aliphatic rings. The van der Waals surface area contributed by atoms with E-state index in [4.69, 9.17) is 11.5 Å². The van der Waals surface area contributed by atoms with Crippen molar-refractivity contribution in [1.82, 2.24) is 31.5 Å². The maximum atomic E-state index is 14.0. The third-order valence-corrected chi connectivity index (χ3v) is 9.51. The van der Waals surface area contributed by atoms with Crippen molar-refractivity contribution >= 4 is 41.4 Å². The fraction of sp³-hybridized carbons (Fsp3) is 0.375. The Labute approximate surface area is 334 Å². The standard InChI is InChI=1S/C40H50N8O10/c1-23(44-37(55)29(41)18-25-9-13-27(50)14-10-25)36(54)46-30(19-24-6-3-2-4-7-24)38(56)43-21-34(52)45-31(20-26-11-15-28(51)16-12-26)40(58)48-17-5-8-33(48)39(57)47-32(22-49)35(42)53/h2-4,6-7,9-16,23,29-33,49-51H,5,8,17-22,41H2,1H3,(H2,42,53)(H,43,56)(H,44,55)(H,45,52)(H,46,54)(H,47,57)/t23-,29?,30?,31?,32?,33?/m1/s1. The van der Waals surface area contributed by atoms with Crippen LogP contribution in [-0.4, -0.2) is 118 Å². The van der Waals surface area contributed by atoms with Gasteiger partial charge in [0.15, 0.2) is 0 Å². The highest BCUT2D eigenvalue weighted by molar-refractivity contribution is 5.96. The van der Waals surface area contributed by atoms with Gasteiger partial charge in [0.25, 0.3) is 0 Å². The Bertz CT molecular complexity index is 1910. The summed E-state index contributed by atoms with van der Waals surface area (Å²) in [6, 6.07) is 13.9. The van der Waals surface area contributed by atoms with Crippen LogP contribution >= 0.6 is 0 Å². The molecule has 1 heterocycles. The summed E-state index contributed by atoms with van der Waals surface area (Å²) in [6.45, 7) is 0.225. The Morgan fingerprint density at radius 2 is 1.28 bits per heavy atom. The van der Waals surface area contributed by atoms with E-state index in [0.717, 1.165) is 0 Å². The van der Waals surface area contributed by atoms with Gasteiger partial charge in [0.1, 0.15) is 41.7 Å². The predicted octanol–water partition coefficient (Wildman–Crippen LogP) is -2.00. The monoisotopic (exact) mass is 802 g/mol. The summed E-state index contributed by atoms with van der Waals surface area (Å²) in [4.78, 5) is 93.0. The van der Waals surface area contributed by atoms with Gasteiger partial charge in [-0.2, -0.15) is 0 Å². The van der Waals surface area contributed by atoms with E-state index in [9.17, 15) is 48.9 Å². The number of aliphatic hydroxyl groups is 1. The summed E-state index contributed by atoms with van der Waals surface area (Å²) in [6.07, 6.45) is 0.781. The number of aromatic hydroxyl groups is 2. The minimum Gasteiger partial charge on any atom is -0.508 e. The van der Waals surface area contributed by atoms with Gasteiger partial charge in [0.05, 0.1) is 19.2 Å². The number of nitrogens with one attached hydrogen (secondary N) is 5. The molecule has 5 unspecified atom stereocenters. The molecule has 0 aliphatic carbocycles. The number of hydrogen-bond acceptors (Lipinski definition) is 11. The second kappa shape index (κ2) is 21.1. The molecule has 0 aromatic heterocycles. The molecule has 18 nitrogen and oxygen atoms in total. The van der Waals surface area contributed by atoms with Crippen molar-refractivity contribution in [2.45, 2.75) is 75.3 Å². The number of phenols is 2. The number of carbonyl (C=O) groups is 7. The molecule has 1 aliphatic heterocycles. The van der Waals surface area contributed by atoms with Crippen molar-refractivity contribution < 1.29 is 48.9 Å². The average molecular weight is 803 g/mol. The first-order valence-electron chi connectivity index (χ1n) is 18.7. The number of benzene rings is 3. The normalized spacial score (nSPS) is 16.1. The number of nitrogens with zero attached hydrogens (tertiary/aromatic N) is 1. The average Bonchev–Trinajstić information content (AvgIpc) is 3.70. The molecule has 1 fully saturated rings.